The van der Waals surface area contributed by atoms with E-state index in [0.717, 1.165) is 0 Å². The van der Waals surface area contributed by atoms with Gasteiger partial charge in [-0.15, -0.1) is 0 Å². The molecule has 0 saturated carbocycles. The Kier molecular flexibility index (Phi) is 6.35. The molecule has 0 aliphatic rings. The van der Waals surface area contributed by atoms with Crippen molar-refractivity contribution in [3.8, 4) is 5.75 Å². The normalized spacial score (nSPS) is 10.4. The molecule has 7 nitrogen and oxygen atoms in total. The zero-order valence-corrected chi connectivity index (χ0v) is 11.6. The molecule has 114 valence electrons. The summed E-state index contributed by atoms with van der Waals surface area (Å²) in [5.74, 6) is -1.96. The highest BCUT2D eigenvalue weighted by Crippen LogP contribution is 2.18. The molecule has 7 heteroatoms. The maximum atomic E-state index is 11.4. The molecule has 0 unspecified atom stereocenters. The average Bonchev–Trinajstić information content (AvgIpc) is 2.37. The van der Waals surface area contributed by atoms with Crippen LogP contribution in [0.4, 0.5) is 0 Å². The number of ketones is 1. The SMILES string of the molecule is CC(=O)c1ccccc1OCCN(CC(=O)O)CC(=O)O. The highest BCUT2D eigenvalue weighted by atomic mass is 16.5. The predicted octanol–water partition coefficient (Wildman–Crippen LogP) is 0.739. The van der Waals surface area contributed by atoms with Gasteiger partial charge in [-0.25, -0.2) is 0 Å². The minimum Gasteiger partial charge on any atom is -0.491 e. The Morgan fingerprint density at radius 3 is 2.19 bits per heavy atom. The van der Waals surface area contributed by atoms with E-state index in [9.17, 15) is 14.4 Å². The number of ether oxygens (including phenoxy) is 1. The topological polar surface area (TPSA) is 104 Å². The average molecular weight is 295 g/mol. The number of para-hydroxylation sites is 1. The van der Waals surface area contributed by atoms with Crippen molar-refractivity contribution in [1.82, 2.24) is 4.90 Å². The van der Waals surface area contributed by atoms with E-state index in [2.05, 4.69) is 0 Å². The van der Waals surface area contributed by atoms with Crippen LogP contribution < -0.4 is 4.74 Å². The lowest BCUT2D eigenvalue weighted by Crippen LogP contribution is -2.37. The Morgan fingerprint density at radius 1 is 1.10 bits per heavy atom. The second-order valence-corrected chi connectivity index (χ2v) is 4.40. The lowest BCUT2D eigenvalue weighted by atomic mass is 10.1. The summed E-state index contributed by atoms with van der Waals surface area (Å²) in [5.41, 5.74) is 0.431. The molecule has 0 saturated heterocycles. The van der Waals surface area contributed by atoms with Gasteiger partial charge in [0.15, 0.2) is 5.78 Å². The van der Waals surface area contributed by atoms with Crippen LogP contribution >= 0.6 is 0 Å². The smallest absolute Gasteiger partial charge is 0.317 e. The van der Waals surface area contributed by atoms with Gasteiger partial charge in [-0.3, -0.25) is 19.3 Å². The summed E-state index contributed by atoms with van der Waals surface area (Å²) >= 11 is 0. The molecule has 2 N–H and O–H groups in total. The fourth-order valence-corrected chi connectivity index (χ4v) is 1.76. The van der Waals surface area contributed by atoms with Crippen LogP contribution in [0.25, 0.3) is 0 Å². The molecule has 1 aromatic rings. The molecule has 0 amide bonds. The van der Waals surface area contributed by atoms with Gasteiger partial charge in [-0.1, -0.05) is 12.1 Å². The van der Waals surface area contributed by atoms with Crippen molar-refractivity contribution in [3.05, 3.63) is 29.8 Å². The van der Waals surface area contributed by atoms with Crippen LogP contribution in [0.3, 0.4) is 0 Å². The molecule has 1 rings (SSSR count). The van der Waals surface area contributed by atoms with Gasteiger partial charge in [-0.2, -0.15) is 0 Å². The number of Topliss-reactive ketones (excluding diaryl/α,β-unsaturated/α-hetero) is 1. The highest BCUT2D eigenvalue weighted by Gasteiger charge is 2.14. The molecular formula is C14H17NO6. The van der Waals surface area contributed by atoms with Crippen LogP contribution in [-0.2, 0) is 9.59 Å². The van der Waals surface area contributed by atoms with Crippen LogP contribution in [-0.4, -0.2) is 59.1 Å². The summed E-state index contributed by atoms with van der Waals surface area (Å²) in [6.07, 6.45) is 0. The summed E-state index contributed by atoms with van der Waals surface area (Å²) < 4.78 is 5.44. The van der Waals surface area contributed by atoms with E-state index in [1.54, 1.807) is 24.3 Å². The van der Waals surface area contributed by atoms with Crippen LogP contribution in [0.5, 0.6) is 5.75 Å². The monoisotopic (exact) mass is 295 g/mol. The molecule has 0 aromatic heterocycles. The van der Waals surface area contributed by atoms with Gasteiger partial charge >= 0.3 is 11.9 Å². The van der Waals surface area contributed by atoms with Crippen molar-refractivity contribution in [2.75, 3.05) is 26.2 Å². The third kappa shape index (κ3) is 6.05. The quantitative estimate of drug-likeness (QED) is 0.647. The molecule has 0 bridgehead atoms. The number of carboxylic acids is 2. The highest BCUT2D eigenvalue weighted by molar-refractivity contribution is 5.96. The first-order valence-electron chi connectivity index (χ1n) is 6.29. The van der Waals surface area contributed by atoms with Gasteiger partial charge < -0.3 is 14.9 Å². The lowest BCUT2D eigenvalue weighted by Gasteiger charge is -2.18. The molecule has 0 radical (unpaired) electrons. The largest absolute Gasteiger partial charge is 0.491 e. The number of rotatable bonds is 9. The number of hydrogen-bond acceptors (Lipinski definition) is 5. The Morgan fingerprint density at radius 2 is 1.67 bits per heavy atom. The van der Waals surface area contributed by atoms with Crippen molar-refractivity contribution in [1.29, 1.82) is 0 Å². The van der Waals surface area contributed by atoms with Crippen LogP contribution in [0.15, 0.2) is 24.3 Å². The first kappa shape index (κ1) is 16.6. The molecule has 0 spiro atoms. The number of carbonyl (C=O) groups is 3. The second kappa shape index (κ2) is 8.01. The van der Waals surface area contributed by atoms with Crippen LogP contribution in [0.1, 0.15) is 17.3 Å². The molecule has 21 heavy (non-hydrogen) atoms. The number of nitrogens with zero attached hydrogens (tertiary/aromatic N) is 1. The fourth-order valence-electron chi connectivity index (χ4n) is 1.76. The number of carboxylic acid groups (broad SMARTS) is 2. The van der Waals surface area contributed by atoms with E-state index in [4.69, 9.17) is 14.9 Å². The zero-order valence-electron chi connectivity index (χ0n) is 11.6. The number of aliphatic carboxylic acids is 2. The van der Waals surface area contributed by atoms with Gasteiger partial charge in [0.1, 0.15) is 12.4 Å². The zero-order chi connectivity index (χ0) is 15.8. The Balaban J connectivity index is 2.59. The van der Waals surface area contributed by atoms with Crippen LogP contribution in [0, 0.1) is 0 Å². The van der Waals surface area contributed by atoms with Crippen molar-refractivity contribution in [2.24, 2.45) is 0 Å². The van der Waals surface area contributed by atoms with Crippen molar-refractivity contribution in [2.45, 2.75) is 6.92 Å². The molecule has 0 aliphatic heterocycles. The van der Waals surface area contributed by atoms with E-state index in [1.807, 2.05) is 0 Å². The number of carbonyl (C=O) groups excluding carboxylic acids is 1. The van der Waals surface area contributed by atoms with Gasteiger partial charge in [0.2, 0.25) is 0 Å². The van der Waals surface area contributed by atoms with E-state index in [-0.39, 0.29) is 32.0 Å². The first-order valence-corrected chi connectivity index (χ1v) is 6.29. The minimum atomic E-state index is -1.11. The molecule has 0 fully saturated rings. The third-order valence-corrected chi connectivity index (χ3v) is 2.65. The van der Waals surface area contributed by atoms with Gasteiger partial charge in [0, 0.05) is 6.54 Å². The summed E-state index contributed by atoms with van der Waals surface area (Å²) in [4.78, 5) is 33.9. The Hall–Kier alpha value is -2.41. The van der Waals surface area contributed by atoms with Crippen molar-refractivity contribution < 1.29 is 29.3 Å². The minimum absolute atomic E-state index is 0.0881. The van der Waals surface area contributed by atoms with E-state index in [1.165, 1.54) is 11.8 Å². The van der Waals surface area contributed by atoms with Gasteiger partial charge in [0.05, 0.1) is 18.7 Å². The van der Waals surface area contributed by atoms with Gasteiger partial charge in [0.25, 0.3) is 0 Å². The molecule has 0 heterocycles. The number of benzene rings is 1. The van der Waals surface area contributed by atoms with Gasteiger partial charge in [-0.05, 0) is 19.1 Å². The summed E-state index contributed by atoms with van der Waals surface area (Å²) in [7, 11) is 0. The summed E-state index contributed by atoms with van der Waals surface area (Å²) in [5, 5.41) is 17.4. The van der Waals surface area contributed by atoms with Crippen molar-refractivity contribution >= 4 is 17.7 Å². The van der Waals surface area contributed by atoms with Crippen LogP contribution in [0.2, 0.25) is 0 Å². The molecule has 0 atom stereocenters. The first-order chi connectivity index (χ1) is 9.90. The van der Waals surface area contributed by atoms with E-state index >= 15 is 0 Å². The molecule has 1 aromatic carbocycles. The Bertz CT molecular complexity index is 512. The standard InChI is InChI=1S/C14H17NO6/c1-10(16)11-4-2-3-5-12(11)21-7-6-15(8-13(17)18)9-14(19)20/h2-5H,6-9H2,1H3,(H,17,18)(H,19,20). The summed E-state index contributed by atoms with van der Waals surface area (Å²) in [6.45, 7) is 0.868. The third-order valence-electron chi connectivity index (χ3n) is 2.65. The maximum Gasteiger partial charge on any atom is 0.317 e. The van der Waals surface area contributed by atoms with E-state index < -0.39 is 11.9 Å². The predicted molar refractivity (Wildman–Crippen MR) is 73.7 cm³/mol. The number of hydrogen-bond donors (Lipinski definition) is 2. The lowest BCUT2D eigenvalue weighted by molar-refractivity contribution is -0.141. The Labute approximate surface area is 121 Å². The summed E-state index contributed by atoms with van der Waals surface area (Å²) in [6, 6.07) is 6.69. The maximum absolute atomic E-state index is 11.4. The molecule has 0 aliphatic carbocycles. The molecular weight excluding hydrogens is 278 g/mol. The second-order valence-electron chi connectivity index (χ2n) is 4.40. The van der Waals surface area contributed by atoms with Crippen molar-refractivity contribution in [3.63, 3.8) is 0 Å². The fraction of sp³-hybridized carbons (Fsp3) is 0.357. The van der Waals surface area contributed by atoms with E-state index in [0.29, 0.717) is 11.3 Å².